The number of hydrogen-bond donors (Lipinski definition) is 1. The number of amides is 1. The zero-order valence-electron chi connectivity index (χ0n) is 16.3. The molecule has 146 valence electrons. The van der Waals surface area contributed by atoms with Crippen LogP contribution < -0.4 is 15.9 Å². The van der Waals surface area contributed by atoms with Gasteiger partial charge in [-0.3, -0.25) is 9.69 Å². The first-order chi connectivity index (χ1) is 13.7. The van der Waals surface area contributed by atoms with Crippen LogP contribution in [0.15, 0.2) is 40.7 Å². The monoisotopic (exact) mass is 423 g/mol. The molecule has 0 saturated heterocycles. The van der Waals surface area contributed by atoms with Crippen molar-refractivity contribution in [3.8, 4) is 16.9 Å². The van der Waals surface area contributed by atoms with Crippen molar-refractivity contribution in [3.63, 3.8) is 0 Å². The Hall–Kier alpha value is -2.51. The van der Waals surface area contributed by atoms with Gasteiger partial charge in [0, 0.05) is 27.9 Å². The van der Waals surface area contributed by atoms with Crippen LogP contribution in [0, 0.1) is 0 Å². The van der Waals surface area contributed by atoms with E-state index in [-0.39, 0.29) is 18.3 Å². The van der Waals surface area contributed by atoms with Gasteiger partial charge < -0.3 is 10.5 Å². The van der Waals surface area contributed by atoms with Gasteiger partial charge in [-0.05, 0) is 53.6 Å². The van der Waals surface area contributed by atoms with E-state index >= 15 is 0 Å². The summed E-state index contributed by atoms with van der Waals surface area (Å²) in [6.07, 6.45) is 0.213. The largest absolute Gasteiger partial charge is 0.497 e. The summed E-state index contributed by atoms with van der Waals surface area (Å²) in [7, 11) is 9.50. The Morgan fingerprint density at radius 3 is 2.76 bits per heavy atom. The molecule has 1 aliphatic heterocycles. The lowest BCUT2D eigenvalue weighted by Gasteiger charge is -2.34. The number of fused-ring (bicyclic) bond motifs is 1. The third-order valence-electron chi connectivity index (χ3n) is 5.36. The van der Waals surface area contributed by atoms with Crippen molar-refractivity contribution in [1.82, 2.24) is 4.90 Å². The molecule has 0 unspecified atom stereocenters. The van der Waals surface area contributed by atoms with Crippen molar-refractivity contribution in [3.05, 3.63) is 46.3 Å². The molecule has 1 aromatic heterocycles. The number of guanidine groups is 1. The van der Waals surface area contributed by atoms with Gasteiger partial charge in [0.1, 0.15) is 13.6 Å². The fourth-order valence-corrected chi connectivity index (χ4v) is 4.77. The van der Waals surface area contributed by atoms with Gasteiger partial charge in [0.2, 0.25) is 5.91 Å². The van der Waals surface area contributed by atoms with Crippen LogP contribution in [0.25, 0.3) is 21.2 Å². The van der Waals surface area contributed by atoms with Crippen molar-refractivity contribution in [2.24, 2.45) is 10.7 Å². The second kappa shape index (κ2) is 7.08. The summed E-state index contributed by atoms with van der Waals surface area (Å²) in [4.78, 5) is 18.5. The highest BCUT2D eigenvalue weighted by atomic mass is 35.5. The molecular weight excluding hydrogens is 405 g/mol. The Labute approximate surface area is 179 Å². The third kappa shape index (κ3) is 3.28. The predicted octanol–water partition coefficient (Wildman–Crippen LogP) is 3.42. The number of carbonyl (C=O) groups excluding carboxylic acids is 1. The fourth-order valence-electron chi connectivity index (χ4n) is 3.58. The lowest BCUT2D eigenvalue weighted by atomic mass is 9.83. The van der Waals surface area contributed by atoms with E-state index in [1.165, 1.54) is 4.90 Å². The number of halogens is 1. The molecule has 3 aromatic rings. The van der Waals surface area contributed by atoms with E-state index < -0.39 is 5.54 Å². The SMILES string of the molecule is [B]c1csc2c(-c3cc(OC)ccc3Cl)cc([C@]3(C)CC(=O)N(C)C(N)=N3)cc12. The number of aliphatic imine (C=N–C) groups is 1. The summed E-state index contributed by atoms with van der Waals surface area (Å²) in [5.74, 6) is 0.817. The van der Waals surface area contributed by atoms with E-state index in [1.54, 1.807) is 25.5 Å². The summed E-state index contributed by atoms with van der Waals surface area (Å²) < 4.78 is 6.40. The van der Waals surface area contributed by atoms with Crippen LogP contribution in [0.2, 0.25) is 5.02 Å². The van der Waals surface area contributed by atoms with E-state index in [0.717, 1.165) is 26.8 Å². The summed E-state index contributed by atoms with van der Waals surface area (Å²) >= 11 is 8.10. The minimum absolute atomic E-state index is 0.0839. The number of nitrogens with zero attached hydrogens (tertiary/aromatic N) is 2. The standard InChI is InChI=1S/C21H19BClN3O2S/c1-21(9-18(27)26(2)20(24)25-21)11-6-14(19-15(7-11)16(22)10-29-19)13-8-12(28-3)4-5-17(13)23/h4-8,10H,9H2,1-3H3,(H2,24,25)/t21-/m0/s1. The summed E-state index contributed by atoms with van der Waals surface area (Å²) in [6, 6.07) is 9.54. The normalized spacial score (nSPS) is 19.5. The van der Waals surface area contributed by atoms with Gasteiger partial charge in [0.15, 0.2) is 5.96 Å². The molecule has 1 atom stereocenters. The molecule has 1 amide bonds. The lowest BCUT2D eigenvalue weighted by molar-refractivity contribution is -0.128. The fraction of sp³-hybridized carbons (Fsp3) is 0.238. The summed E-state index contributed by atoms with van der Waals surface area (Å²) in [6.45, 7) is 1.91. The number of thiophene rings is 1. The molecular formula is C21H19BClN3O2S. The molecule has 2 heterocycles. The average Bonchev–Trinajstić information content (AvgIpc) is 3.07. The summed E-state index contributed by atoms with van der Waals surface area (Å²) in [5.41, 5.74) is 8.50. The molecule has 4 rings (SSSR count). The third-order valence-corrected chi connectivity index (χ3v) is 6.74. The Bertz CT molecular complexity index is 1180. The highest BCUT2D eigenvalue weighted by molar-refractivity contribution is 7.19. The second-order valence-electron chi connectivity index (χ2n) is 7.31. The van der Waals surface area contributed by atoms with Crippen molar-refractivity contribution in [1.29, 1.82) is 0 Å². The zero-order chi connectivity index (χ0) is 20.9. The minimum atomic E-state index is -0.795. The van der Waals surface area contributed by atoms with Gasteiger partial charge in [0.05, 0.1) is 19.1 Å². The van der Waals surface area contributed by atoms with E-state index in [2.05, 4.69) is 4.99 Å². The van der Waals surface area contributed by atoms with Gasteiger partial charge in [-0.25, -0.2) is 4.99 Å². The van der Waals surface area contributed by atoms with Gasteiger partial charge in [-0.2, -0.15) is 0 Å². The van der Waals surface area contributed by atoms with Crippen LogP contribution in [0.3, 0.4) is 0 Å². The predicted molar refractivity (Wildman–Crippen MR) is 121 cm³/mol. The van der Waals surface area contributed by atoms with Gasteiger partial charge in [0.25, 0.3) is 0 Å². The Morgan fingerprint density at radius 1 is 1.31 bits per heavy atom. The molecule has 0 aliphatic carbocycles. The molecule has 2 aromatic carbocycles. The first-order valence-electron chi connectivity index (χ1n) is 9.00. The maximum absolute atomic E-state index is 12.5. The van der Waals surface area contributed by atoms with Gasteiger partial charge in [-0.1, -0.05) is 17.1 Å². The van der Waals surface area contributed by atoms with E-state index in [1.807, 2.05) is 42.6 Å². The van der Waals surface area contributed by atoms with Crippen molar-refractivity contribution in [2.45, 2.75) is 18.9 Å². The van der Waals surface area contributed by atoms with Crippen LogP contribution in [-0.2, 0) is 10.3 Å². The number of nitrogens with two attached hydrogens (primary N) is 1. The first kappa shape index (κ1) is 19.8. The highest BCUT2D eigenvalue weighted by Crippen LogP contribution is 2.42. The van der Waals surface area contributed by atoms with Crippen molar-refractivity contribution in [2.75, 3.05) is 14.2 Å². The molecule has 29 heavy (non-hydrogen) atoms. The summed E-state index contributed by atoms with van der Waals surface area (Å²) in [5, 5.41) is 3.41. The van der Waals surface area contributed by atoms with Crippen LogP contribution in [0.5, 0.6) is 5.75 Å². The maximum atomic E-state index is 12.5. The molecule has 0 fully saturated rings. The zero-order valence-corrected chi connectivity index (χ0v) is 17.9. The Morgan fingerprint density at radius 2 is 2.07 bits per heavy atom. The van der Waals surface area contributed by atoms with Crippen LogP contribution in [-0.4, -0.2) is 38.8 Å². The minimum Gasteiger partial charge on any atom is -0.497 e. The number of benzene rings is 2. The number of methoxy groups -OCH3 is 1. The second-order valence-corrected chi connectivity index (χ2v) is 8.60. The number of ether oxygens (including phenoxy) is 1. The average molecular weight is 424 g/mol. The molecule has 0 spiro atoms. The molecule has 1 aliphatic rings. The van der Waals surface area contributed by atoms with Crippen LogP contribution in [0.1, 0.15) is 18.9 Å². The van der Waals surface area contributed by atoms with Gasteiger partial charge in [-0.15, -0.1) is 11.3 Å². The first-order valence-corrected chi connectivity index (χ1v) is 10.3. The number of rotatable bonds is 3. The van der Waals surface area contributed by atoms with Crippen molar-refractivity contribution < 1.29 is 9.53 Å². The molecule has 5 nitrogen and oxygen atoms in total. The molecule has 0 saturated carbocycles. The molecule has 0 bridgehead atoms. The molecule has 8 heteroatoms. The molecule has 2 radical (unpaired) electrons. The van der Waals surface area contributed by atoms with Crippen LogP contribution >= 0.6 is 22.9 Å². The number of hydrogen-bond acceptors (Lipinski definition) is 5. The van der Waals surface area contributed by atoms with Crippen molar-refractivity contribution >= 4 is 58.2 Å². The lowest BCUT2D eigenvalue weighted by Crippen LogP contribution is -2.47. The number of carbonyl (C=O) groups is 1. The van der Waals surface area contributed by atoms with Crippen LogP contribution in [0.4, 0.5) is 0 Å². The maximum Gasteiger partial charge on any atom is 0.231 e. The quantitative estimate of drug-likeness (QED) is 0.656. The van der Waals surface area contributed by atoms with E-state index in [0.29, 0.717) is 16.2 Å². The Kier molecular flexibility index (Phi) is 4.83. The smallest absolute Gasteiger partial charge is 0.231 e. The van der Waals surface area contributed by atoms with Gasteiger partial charge >= 0.3 is 0 Å². The molecule has 2 N–H and O–H groups in total. The van der Waals surface area contributed by atoms with E-state index in [9.17, 15) is 4.79 Å². The Balaban J connectivity index is 2.00. The van der Waals surface area contributed by atoms with E-state index in [4.69, 9.17) is 29.9 Å². The topological polar surface area (TPSA) is 67.9 Å². The highest BCUT2D eigenvalue weighted by Gasteiger charge is 2.36.